The van der Waals surface area contributed by atoms with Crippen molar-refractivity contribution in [3.63, 3.8) is 0 Å². The molecule has 7 nitrogen and oxygen atoms in total. The Labute approximate surface area is 136 Å². The maximum atomic E-state index is 11.8. The second kappa shape index (κ2) is 6.52. The number of amides is 1. The van der Waals surface area contributed by atoms with E-state index in [0.29, 0.717) is 19.4 Å². The first-order valence-electron chi connectivity index (χ1n) is 7.77. The van der Waals surface area contributed by atoms with Gasteiger partial charge in [-0.25, -0.2) is 9.59 Å². The summed E-state index contributed by atoms with van der Waals surface area (Å²) in [7, 11) is 1.89. The summed E-state index contributed by atoms with van der Waals surface area (Å²) in [4.78, 5) is 25.2. The maximum Gasteiger partial charge on any atom is 0.407 e. The van der Waals surface area contributed by atoms with Crippen molar-refractivity contribution in [2.45, 2.75) is 51.3 Å². The zero-order chi connectivity index (χ0) is 17.2. The normalized spacial score (nSPS) is 21.3. The number of carboxylic acids is 1. The Morgan fingerprint density at radius 1 is 1.39 bits per heavy atom. The molecule has 0 aliphatic carbocycles. The largest absolute Gasteiger partial charge is 0.480 e. The molecule has 0 unspecified atom stereocenters. The van der Waals surface area contributed by atoms with Crippen LogP contribution in [0.3, 0.4) is 0 Å². The van der Waals surface area contributed by atoms with Crippen LogP contribution in [0.2, 0.25) is 0 Å². The minimum absolute atomic E-state index is 0.0639. The van der Waals surface area contributed by atoms with E-state index in [2.05, 4.69) is 5.32 Å². The molecule has 1 aromatic rings. The van der Waals surface area contributed by atoms with Crippen LogP contribution >= 0.6 is 0 Å². The Morgan fingerprint density at radius 2 is 2.09 bits per heavy atom. The van der Waals surface area contributed by atoms with Gasteiger partial charge in [-0.15, -0.1) is 0 Å². The van der Waals surface area contributed by atoms with Crippen molar-refractivity contribution in [2.24, 2.45) is 7.05 Å². The molecule has 1 amide bonds. The lowest BCUT2D eigenvalue weighted by molar-refractivity contribution is -0.138. The molecular formula is C16H25N3O4. The zero-order valence-corrected chi connectivity index (χ0v) is 14.1. The average Bonchev–Trinajstić information content (AvgIpc) is 2.99. The quantitative estimate of drug-likeness (QED) is 0.885. The molecular weight excluding hydrogens is 298 g/mol. The van der Waals surface area contributed by atoms with E-state index < -0.39 is 23.7 Å². The molecule has 1 aliphatic rings. The molecule has 2 atom stereocenters. The van der Waals surface area contributed by atoms with Crippen LogP contribution in [0.4, 0.5) is 10.5 Å². The molecule has 23 heavy (non-hydrogen) atoms. The monoisotopic (exact) mass is 323 g/mol. The third-order valence-electron chi connectivity index (χ3n) is 3.78. The summed E-state index contributed by atoms with van der Waals surface area (Å²) in [5.41, 5.74) is 0.302. The standard InChI is InChI=1S/C16H25N3O4/c1-16(2,3)23-15(22)17-9-11-5-6-13(14(20)21)19(11)12-7-8-18(4)10-12/h7-8,10-11,13H,5-6,9H2,1-4H3,(H,17,22)(H,20,21)/t11-,13-/m0/s1. The molecule has 0 bridgehead atoms. The highest BCUT2D eigenvalue weighted by atomic mass is 16.6. The number of alkyl carbamates (subject to hydrolysis) is 1. The van der Waals surface area contributed by atoms with E-state index in [1.54, 1.807) is 20.8 Å². The first-order chi connectivity index (χ1) is 10.7. The van der Waals surface area contributed by atoms with E-state index in [-0.39, 0.29) is 6.04 Å². The number of aryl methyl sites for hydroxylation is 1. The molecule has 7 heteroatoms. The van der Waals surface area contributed by atoms with Crippen molar-refractivity contribution >= 4 is 17.7 Å². The number of ether oxygens (including phenoxy) is 1. The summed E-state index contributed by atoms with van der Waals surface area (Å²) >= 11 is 0. The molecule has 0 aromatic carbocycles. The van der Waals surface area contributed by atoms with Crippen molar-refractivity contribution in [3.05, 3.63) is 18.5 Å². The molecule has 0 saturated carbocycles. The second-order valence-corrected chi connectivity index (χ2v) is 6.91. The number of carbonyl (C=O) groups excluding carboxylic acids is 1. The summed E-state index contributed by atoms with van der Waals surface area (Å²) in [6.07, 6.45) is 4.56. The van der Waals surface area contributed by atoms with Crippen molar-refractivity contribution in [3.8, 4) is 0 Å². The SMILES string of the molecule is Cn1ccc(N2[C@H](CNC(=O)OC(C)(C)C)CC[C@H]2C(=O)O)c1. The number of carboxylic acid groups (broad SMARTS) is 1. The first-order valence-corrected chi connectivity index (χ1v) is 7.77. The minimum Gasteiger partial charge on any atom is -0.480 e. The molecule has 0 spiro atoms. The fourth-order valence-electron chi connectivity index (χ4n) is 2.87. The third-order valence-corrected chi connectivity index (χ3v) is 3.78. The Hall–Kier alpha value is -2.18. The van der Waals surface area contributed by atoms with Gasteiger partial charge in [0.05, 0.1) is 5.69 Å². The maximum absolute atomic E-state index is 11.8. The summed E-state index contributed by atoms with van der Waals surface area (Å²) in [6, 6.07) is 1.26. The van der Waals surface area contributed by atoms with Gasteiger partial charge in [-0.05, 0) is 39.7 Å². The molecule has 1 saturated heterocycles. The van der Waals surface area contributed by atoms with E-state index in [1.165, 1.54) is 0 Å². The van der Waals surface area contributed by atoms with Crippen LogP contribution in [-0.2, 0) is 16.6 Å². The average molecular weight is 323 g/mol. The van der Waals surface area contributed by atoms with Crippen molar-refractivity contribution in [1.29, 1.82) is 0 Å². The van der Waals surface area contributed by atoms with Gasteiger partial charge in [0.15, 0.2) is 0 Å². The van der Waals surface area contributed by atoms with Crippen LogP contribution in [0, 0.1) is 0 Å². The molecule has 1 aliphatic heterocycles. The lowest BCUT2D eigenvalue weighted by Crippen LogP contribution is -2.46. The second-order valence-electron chi connectivity index (χ2n) is 6.91. The van der Waals surface area contributed by atoms with Gasteiger partial charge in [0.25, 0.3) is 0 Å². The number of anilines is 1. The van der Waals surface area contributed by atoms with Crippen LogP contribution in [-0.4, -0.2) is 46.0 Å². The number of nitrogens with zero attached hydrogens (tertiary/aromatic N) is 2. The van der Waals surface area contributed by atoms with Gasteiger partial charge in [-0.3, -0.25) is 0 Å². The molecule has 0 radical (unpaired) electrons. The predicted octanol–water partition coefficient (Wildman–Crippen LogP) is 1.97. The number of aliphatic carboxylic acids is 1. The van der Waals surface area contributed by atoms with E-state index in [1.807, 2.05) is 35.0 Å². The Morgan fingerprint density at radius 3 is 2.61 bits per heavy atom. The molecule has 2 heterocycles. The Bertz CT molecular complexity index is 576. The van der Waals surface area contributed by atoms with Crippen LogP contribution in [0.5, 0.6) is 0 Å². The topological polar surface area (TPSA) is 83.8 Å². The lowest BCUT2D eigenvalue weighted by atomic mass is 10.2. The third kappa shape index (κ3) is 4.40. The van der Waals surface area contributed by atoms with E-state index >= 15 is 0 Å². The summed E-state index contributed by atoms with van der Waals surface area (Å²) in [5.74, 6) is -0.839. The predicted molar refractivity (Wildman–Crippen MR) is 86.6 cm³/mol. The van der Waals surface area contributed by atoms with Gasteiger partial charge in [-0.2, -0.15) is 0 Å². The van der Waals surface area contributed by atoms with Crippen molar-refractivity contribution < 1.29 is 19.4 Å². The van der Waals surface area contributed by atoms with E-state index in [4.69, 9.17) is 4.74 Å². The lowest BCUT2D eigenvalue weighted by Gasteiger charge is -2.30. The first kappa shape index (κ1) is 17.2. The molecule has 1 fully saturated rings. The highest BCUT2D eigenvalue weighted by Gasteiger charge is 2.38. The van der Waals surface area contributed by atoms with Gasteiger partial charge >= 0.3 is 12.1 Å². The number of carbonyl (C=O) groups is 2. The Kier molecular flexibility index (Phi) is 4.87. The number of nitrogens with one attached hydrogen (secondary N) is 1. The minimum atomic E-state index is -0.839. The highest BCUT2D eigenvalue weighted by Crippen LogP contribution is 2.30. The summed E-state index contributed by atoms with van der Waals surface area (Å²) in [6.45, 7) is 5.77. The van der Waals surface area contributed by atoms with Crippen LogP contribution in [0.15, 0.2) is 18.5 Å². The zero-order valence-electron chi connectivity index (χ0n) is 14.1. The summed E-state index contributed by atoms with van der Waals surface area (Å²) < 4.78 is 7.11. The number of aromatic nitrogens is 1. The fourth-order valence-corrected chi connectivity index (χ4v) is 2.87. The fraction of sp³-hybridized carbons (Fsp3) is 0.625. The molecule has 128 valence electrons. The highest BCUT2D eigenvalue weighted by molar-refractivity contribution is 5.79. The van der Waals surface area contributed by atoms with Crippen LogP contribution in [0.25, 0.3) is 0 Å². The number of hydrogen-bond acceptors (Lipinski definition) is 4. The van der Waals surface area contributed by atoms with Crippen molar-refractivity contribution in [1.82, 2.24) is 9.88 Å². The number of rotatable bonds is 4. The van der Waals surface area contributed by atoms with Gasteiger partial charge in [-0.1, -0.05) is 0 Å². The number of hydrogen-bond donors (Lipinski definition) is 2. The van der Waals surface area contributed by atoms with Crippen LogP contribution < -0.4 is 10.2 Å². The molecule has 2 rings (SSSR count). The smallest absolute Gasteiger partial charge is 0.407 e. The van der Waals surface area contributed by atoms with E-state index in [9.17, 15) is 14.7 Å². The van der Waals surface area contributed by atoms with Crippen molar-refractivity contribution in [2.75, 3.05) is 11.4 Å². The van der Waals surface area contributed by atoms with Crippen LogP contribution in [0.1, 0.15) is 33.6 Å². The van der Waals surface area contributed by atoms with Gasteiger partial charge in [0.2, 0.25) is 0 Å². The Balaban J connectivity index is 2.05. The molecule has 2 N–H and O–H groups in total. The van der Waals surface area contributed by atoms with Gasteiger partial charge < -0.3 is 24.6 Å². The van der Waals surface area contributed by atoms with Gasteiger partial charge in [0, 0.05) is 32.0 Å². The van der Waals surface area contributed by atoms with E-state index in [0.717, 1.165) is 5.69 Å². The summed E-state index contributed by atoms with van der Waals surface area (Å²) in [5, 5.41) is 12.2. The van der Waals surface area contributed by atoms with Gasteiger partial charge in [0.1, 0.15) is 11.6 Å². The molecule has 1 aromatic heterocycles.